The van der Waals surface area contributed by atoms with Gasteiger partial charge in [0.2, 0.25) is 0 Å². The predicted octanol–water partition coefficient (Wildman–Crippen LogP) is 2.29. The second-order valence-corrected chi connectivity index (χ2v) is 3.23. The zero-order chi connectivity index (χ0) is 13.1. The molecule has 0 aliphatic heterocycles. The van der Waals surface area contributed by atoms with Gasteiger partial charge in [-0.1, -0.05) is 0 Å². The Kier molecular flexibility index (Phi) is 3.73. The number of esters is 1. The van der Waals surface area contributed by atoms with Crippen molar-refractivity contribution in [3.05, 3.63) is 34.9 Å². The number of alkyl halides is 3. The number of halogens is 3. The summed E-state index contributed by atoms with van der Waals surface area (Å²) in [5.74, 6) is -0.694. The van der Waals surface area contributed by atoms with Gasteiger partial charge >= 0.3 is 12.1 Å². The molecule has 1 aromatic carbocycles. The van der Waals surface area contributed by atoms with Crippen LogP contribution in [-0.4, -0.2) is 13.1 Å². The van der Waals surface area contributed by atoms with E-state index in [1.165, 1.54) is 0 Å². The van der Waals surface area contributed by atoms with E-state index in [0.717, 1.165) is 25.3 Å². The van der Waals surface area contributed by atoms with Gasteiger partial charge in [0.05, 0.1) is 30.7 Å². The fourth-order valence-electron chi connectivity index (χ4n) is 1.25. The highest BCUT2D eigenvalue weighted by Gasteiger charge is 2.31. The number of methoxy groups -OCH3 is 1. The van der Waals surface area contributed by atoms with Crippen LogP contribution in [0.3, 0.4) is 0 Å². The Labute approximate surface area is 95.4 Å². The Hall–Kier alpha value is -2.03. The lowest BCUT2D eigenvalue weighted by atomic mass is 10.0. The first-order valence-corrected chi connectivity index (χ1v) is 4.55. The molecule has 0 aliphatic rings. The van der Waals surface area contributed by atoms with Gasteiger partial charge in [-0.25, -0.2) is 0 Å². The summed E-state index contributed by atoms with van der Waals surface area (Å²) in [5.41, 5.74) is -0.854. The van der Waals surface area contributed by atoms with Crippen LogP contribution in [0.4, 0.5) is 13.2 Å². The molecule has 0 saturated heterocycles. The number of hydrogen-bond acceptors (Lipinski definition) is 3. The first kappa shape index (κ1) is 13.0. The minimum absolute atomic E-state index is 0.00850. The molecular weight excluding hydrogens is 235 g/mol. The number of carbonyl (C=O) groups excluding carboxylic acids is 1. The molecule has 17 heavy (non-hydrogen) atoms. The summed E-state index contributed by atoms with van der Waals surface area (Å²) in [5, 5.41) is 8.71. The van der Waals surface area contributed by atoms with Crippen LogP contribution in [0.5, 0.6) is 0 Å². The number of carbonyl (C=O) groups is 1. The van der Waals surface area contributed by atoms with E-state index >= 15 is 0 Å². The summed E-state index contributed by atoms with van der Waals surface area (Å²) in [6.45, 7) is 0. The lowest BCUT2D eigenvalue weighted by molar-refractivity contribution is -0.140. The maximum absolute atomic E-state index is 12.4. The van der Waals surface area contributed by atoms with Gasteiger partial charge in [0, 0.05) is 0 Å². The van der Waals surface area contributed by atoms with Gasteiger partial charge in [-0.2, -0.15) is 18.4 Å². The maximum Gasteiger partial charge on any atom is 0.416 e. The van der Waals surface area contributed by atoms with E-state index in [-0.39, 0.29) is 17.5 Å². The Morgan fingerprint density at radius 2 is 2.12 bits per heavy atom. The summed E-state index contributed by atoms with van der Waals surface area (Å²) in [6, 6.07) is 4.36. The quantitative estimate of drug-likeness (QED) is 0.749. The van der Waals surface area contributed by atoms with Crippen LogP contribution >= 0.6 is 0 Å². The predicted molar refractivity (Wildman–Crippen MR) is 51.9 cm³/mol. The smallest absolute Gasteiger partial charge is 0.416 e. The molecule has 0 N–H and O–H groups in total. The number of nitriles is 1. The first-order valence-electron chi connectivity index (χ1n) is 4.55. The summed E-state index contributed by atoms with van der Waals surface area (Å²) in [6.07, 6.45) is -4.86. The van der Waals surface area contributed by atoms with Crippen molar-refractivity contribution in [2.75, 3.05) is 7.11 Å². The van der Waals surface area contributed by atoms with Gasteiger partial charge in [0.1, 0.15) is 0 Å². The number of rotatable bonds is 2. The van der Waals surface area contributed by atoms with Crippen molar-refractivity contribution in [2.45, 2.75) is 12.6 Å². The molecule has 0 aromatic heterocycles. The molecule has 0 amide bonds. The van der Waals surface area contributed by atoms with E-state index in [0.29, 0.717) is 0 Å². The molecule has 0 bridgehead atoms. The normalized spacial score (nSPS) is 10.8. The largest absolute Gasteiger partial charge is 0.469 e. The van der Waals surface area contributed by atoms with Crippen LogP contribution in [0.25, 0.3) is 0 Å². The van der Waals surface area contributed by atoms with Crippen LogP contribution in [0.1, 0.15) is 16.7 Å². The highest BCUT2D eigenvalue weighted by molar-refractivity contribution is 5.73. The summed E-state index contributed by atoms with van der Waals surface area (Å²) < 4.78 is 41.6. The van der Waals surface area contributed by atoms with Gasteiger partial charge in [-0.3, -0.25) is 4.79 Å². The third-order valence-corrected chi connectivity index (χ3v) is 2.12. The van der Waals surface area contributed by atoms with Crippen molar-refractivity contribution >= 4 is 5.97 Å². The van der Waals surface area contributed by atoms with E-state index in [2.05, 4.69) is 4.74 Å². The highest BCUT2D eigenvalue weighted by Crippen LogP contribution is 2.30. The Morgan fingerprint density at radius 3 is 2.59 bits per heavy atom. The second kappa shape index (κ2) is 4.87. The summed E-state index contributed by atoms with van der Waals surface area (Å²) in [7, 11) is 1.13. The van der Waals surface area contributed by atoms with E-state index in [1.807, 2.05) is 0 Å². The Bertz CT molecular complexity index is 475. The molecule has 0 fully saturated rings. The van der Waals surface area contributed by atoms with E-state index < -0.39 is 17.7 Å². The van der Waals surface area contributed by atoms with E-state index in [4.69, 9.17) is 5.26 Å². The average molecular weight is 243 g/mol. The van der Waals surface area contributed by atoms with Gasteiger partial charge in [-0.15, -0.1) is 0 Å². The molecule has 3 nitrogen and oxygen atoms in total. The number of hydrogen-bond donors (Lipinski definition) is 0. The number of nitrogens with zero attached hydrogens (tertiary/aromatic N) is 1. The summed E-state index contributed by atoms with van der Waals surface area (Å²) in [4.78, 5) is 11.0. The third-order valence-electron chi connectivity index (χ3n) is 2.12. The van der Waals surface area contributed by atoms with Gasteiger partial charge < -0.3 is 4.74 Å². The molecule has 0 spiro atoms. The van der Waals surface area contributed by atoms with Crippen molar-refractivity contribution in [1.82, 2.24) is 0 Å². The lowest BCUT2D eigenvalue weighted by Crippen LogP contribution is -2.10. The third kappa shape index (κ3) is 3.21. The first-order chi connectivity index (χ1) is 7.88. The zero-order valence-electron chi connectivity index (χ0n) is 8.84. The van der Waals surface area contributed by atoms with Crippen LogP contribution < -0.4 is 0 Å². The molecular formula is C11H8F3NO2. The summed E-state index contributed by atoms with van der Waals surface area (Å²) >= 11 is 0. The van der Waals surface area contributed by atoms with Crippen LogP contribution in [-0.2, 0) is 22.1 Å². The van der Waals surface area contributed by atoms with Gasteiger partial charge in [0.15, 0.2) is 0 Å². The molecule has 0 heterocycles. The molecule has 0 saturated carbocycles. The van der Waals surface area contributed by atoms with E-state index in [9.17, 15) is 18.0 Å². The fourth-order valence-corrected chi connectivity index (χ4v) is 1.25. The Balaban J connectivity index is 3.17. The van der Waals surface area contributed by atoms with Crippen molar-refractivity contribution in [3.8, 4) is 6.07 Å². The molecule has 0 radical (unpaired) electrons. The van der Waals surface area contributed by atoms with Crippen LogP contribution in [0.15, 0.2) is 18.2 Å². The van der Waals surface area contributed by atoms with Crippen LogP contribution in [0, 0.1) is 11.3 Å². The van der Waals surface area contributed by atoms with Crippen molar-refractivity contribution in [3.63, 3.8) is 0 Å². The molecule has 0 atom stereocenters. The average Bonchev–Trinajstić information content (AvgIpc) is 2.27. The molecule has 1 rings (SSSR count). The lowest BCUT2D eigenvalue weighted by Gasteiger charge is -2.09. The van der Waals surface area contributed by atoms with Gasteiger partial charge in [-0.05, 0) is 23.8 Å². The second-order valence-electron chi connectivity index (χ2n) is 3.23. The van der Waals surface area contributed by atoms with E-state index in [1.54, 1.807) is 6.07 Å². The maximum atomic E-state index is 12.4. The Morgan fingerprint density at radius 1 is 1.47 bits per heavy atom. The minimum Gasteiger partial charge on any atom is -0.469 e. The van der Waals surface area contributed by atoms with Crippen molar-refractivity contribution in [2.24, 2.45) is 0 Å². The topological polar surface area (TPSA) is 50.1 Å². The number of ether oxygens (including phenoxy) is 1. The SMILES string of the molecule is COC(=O)Cc1cc(C(F)(F)F)ccc1C#N. The van der Waals surface area contributed by atoms with Crippen molar-refractivity contribution < 1.29 is 22.7 Å². The van der Waals surface area contributed by atoms with Crippen molar-refractivity contribution in [1.29, 1.82) is 5.26 Å². The fraction of sp³-hybridized carbons (Fsp3) is 0.273. The van der Waals surface area contributed by atoms with Gasteiger partial charge in [0.25, 0.3) is 0 Å². The highest BCUT2D eigenvalue weighted by atomic mass is 19.4. The van der Waals surface area contributed by atoms with Crippen LogP contribution in [0.2, 0.25) is 0 Å². The minimum atomic E-state index is -4.50. The molecule has 6 heteroatoms. The monoisotopic (exact) mass is 243 g/mol. The standard InChI is InChI=1S/C11H8F3NO2/c1-17-10(16)5-8-4-9(11(12,13)14)3-2-7(8)6-15/h2-4H,5H2,1H3. The zero-order valence-corrected chi connectivity index (χ0v) is 8.84. The molecule has 90 valence electrons. The molecule has 1 aromatic rings. The molecule has 0 aliphatic carbocycles. The molecule has 0 unspecified atom stereocenters. The number of benzene rings is 1.